The van der Waals surface area contributed by atoms with Crippen molar-refractivity contribution < 1.29 is 4.92 Å². The number of nitro groups is 1. The highest BCUT2D eigenvalue weighted by molar-refractivity contribution is 5.15. The summed E-state index contributed by atoms with van der Waals surface area (Å²) >= 11 is 0. The first-order valence-electron chi connectivity index (χ1n) is 3.96. The lowest BCUT2D eigenvalue weighted by Gasteiger charge is -2.21. The molecule has 0 N–H and O–H groups in total. The Kier molecular flexibility index (Phi) is 1.14. The summed E-state index contributed by atoms with van der Waals surface area (Å²) < 4.78 is 0. The van der Waals surface area contributed by atoms with Crippen molar-refractivity contribution in [3.63, 3.8) is 0 Å². The van der Waals surface area contributed by atoms with Crippen LogP contribution < -0.4 is 0 Å². The highest BCUT2D eigenvalue weighted by Gasteiger charge is 2.54. The van der Waals surface area contributed by atoms with Gasteiger partial charge in [-0.1, -0.05) is 12.2 Å². The average Bonchev–Trinajstić information content (AvgIpc) is 2.45. The molecular weight excluding hydrogens is 142 g/mol. The van der Waals surface area contributed by atoms with Gasteiger partial charge in [0, 0.05) is 24.2 Å². The van der Waals surface area contributed by atoms with E-state index in [9.17, 15) is 10.1 Å². The first-order chi connectivity index (χ1) is 5.13. The van der Waals surface area contributed by atoms with Gasteiger partial charge in [0.2, 0.25) is 5.54 Å². The summed E-state index contributed by atoms with van der Waals surface area (Å²) in [5.41, 5.74) is -0.653. The van der Waals surface area contributed by atoms with E-state index in [1.165, 1.54) is 0 Å². The van der Waals surface area contributed by atoms with Crippen molar-refractivity contribution in [1.29, 1.82) is 0 Å². The Hall–Kier alpha value is -0.860. The van der Waals surface area contributed by atoms with E-state index >= 15 is 0 Å². The second kappa shape index (κ2) is 1.84. The number of fused-ring (bicyclic) bond motifs is 2. The van der Waals surface area contributed by atoms with Gasteiger partial charge in [-0.3, -0.25) is 10.1 Å². The summed E-state index contributed by atoms with van der Waals surface area (Å²) in [5, 5.41) is 10.7. The minimum absolute atomic E-state index is 0.110. The zero-order valence-corrected chi connectivity index (χ0v) is 6.49. The summed E-state index contributed by atoms with van der Waals surface area (Å²) in [6, 6.07) is 0. The maximum Gasteiger partial charge on any atom is 0.226 e. The second-order valence-corrected chi connectivity index (χ2v) is 3.81. The van der Waals surface area contributed by atoms with E-state index in [1.54, 1.807) is 6.92 Å². The monoisotopic (exact) mass is 153 g/mol. The van der Waals surface area contributed by atoms with E-state index in [1.807, 2.05) is 6.08 Å². The first-order valence-corrected chi connectivity index (χ1v) is 3.96. The van der Waals surface area contributed by atoms with Crippen molar-refractivity contribution >= 4 is 0 Å². The van der Waals surface area contributed by atoms with E-state index < -0.39 is 5.54 Å². The van der Waals surface area contributed by atoms with Crippen molar-refractivity contribution in [2.24, 2.45) is 11.8 Å². The molecule has 0 aromatic carbocycles. The van der Waals surface area contributed by atoms with Gasteiger partial charge in [-0.2, -0.15) is 0 Å². The molecule has 2 bridgehead atoms. The topological polar surface area (TPSA) is 43.1 Å². The number of allylic oxidation sites excluding steroid dienone is 1. The Morgan fingerprint density at radius 1 is 1.64 bits per heavy atom. The Morgan fingerprint density at radius 2 is 2.36 bits per heavy atom. The third-order valence-corrected chi connectivity index (χ3v) is 3.06. The molecule has 0 amide bonds. The van der Waals surface area contributed by atoms with Crippen molar-refractivity contribution in [3.05, 3.63) is 22.3 Å². The van der Waals surface area contributed by atoms with Crippen LogP contribution in [0.5, 0.6) is 0 Å². The standard InChI is InChI=1S/C8H11NO2/c1-8(9(10)11)5-6-2-3-7(8)4-6/h2-3,6-7H,4-5H2,1H3/t6-,7+,8+/m1/s1. The third-order valence-electron chi connectivity index (χ3n) is 3.06. The maximum atomic E-state index is 10.7. The van der Waals surface area contributed by atoms with Crippen LogP contribution in [0.25, 0.3) is 0 Å². The summed E-state index contributed by atoms with van der Waals surface area (Å²) in [6.07, 6.45) is 5.87. The van der Waals surface area contributed by atoms with Gasteiger partial charge >= 0.3 is 0 Å². The van der Waals surface area contributed by atoms with Crippen LogP contribution in [0.3, 0.4) is 0 Å². The second-order valence-electron chi connectivity index (χ2n) is 3.81. The number of hydrogen-bond donors (Lipinski definition) is 0. The van der Waals surface area contributed by atoms with Gasteiger partial charge in [-0.05, 0) is 12.3 Å². The van der Waals surface area contributed by atoms with Gasteiger partial charge < -0.3 is 0 Å². The third kappa shape index (κ3) is 0.737. The lowest BCUT2D eigenvalue weighted by Crippen LogP contribution is -2.38. The molecule has 0 unspecified atom stereocenters. The van der Waals surface area contributed by atoms with Crippen LogP contribution in [0.4, 0.5) is 0 Å². The van der Waals surface area contributed by atoms with Gasteiger partial charge in [-0.15, -0.1) is 0 Å². The Balaban J connectivity index is 2.30. The fourth-order valence-electron chi connectivity index (χ4n) is 2.28. The quantitative estimate of drug-likeness (QED) is 0.326. The molecule has 1 saturated carbocycles. The Bertz CT molecular complexity index is 236. The summed E-state index contributed by atoms with van der Waals surface area (Å²) in [6.45, 7) is 1.77. The molecule has 3 nitrogen and oxygen atoms in total. The number of nitrogens with zero attached hydrogens (tertiary/aromatic N) is 1. The van der Waals surface area contributed by atoms with Crippen LogP contribution in [-0.2, 0) is 0 Å². The molecule has 0 spiro atoms. The molecule has 0 aromatic rings. The molecule has 2 aliphatic rings. The van der Waals surface area contributed by atoms with Crippen molar-refractivity contribution in [2.45, 2.75) is 25.3 Å². The van der Waals surface area contributed by atoms with Crippen LogP contribution in [0.15, 0.2) is 12.2 Å². The molecule has 60 valence electrons. The molecule has 0 radical (unpaired) electrons. The van der Waals surface area contributed by atoms with Crippen LogP contribution >= 0.6 is 0 Å². The van der Waals surface area contributed by atoms with Crippen LogP contribution in [0, 0.1) is 22.0 Å². The van der Waals surface area contributed by atoms with Crippen LogP contribution in [-0.4, -0.2) is 10.5 Å². The predicted octanol–water partition coefficient (Wildman–Crippen LogP) is 1.62. The van der Waals surface area contributed by atoms with Gasteiger partial charge in [0.05, 0.1) is 0 Å². The van der Waals surface area contributed by atoms with E-state index in [2.05, 4.69) is 6.08 Å². The van der Waals surface area contributed by atoms with E-state index in [4.69, 9.17) is 0 Å². The Labute approximate surface area is 65.2 Å². The highest BCUT2D eigenvalue weighted by atomic mass is 16.6. The van der Waals surface area contributed by atoms with E-state index in [0.29, 0.717) is 5.92 Å². The van der Waals surface area contributed by atoms with E-state index in [0.717, 1.165) is 12.8 Å². The molecule has 2 aliphatic carbocycles. The zero-order valence-electron chi connectivity index (χ0n) is 6.49. The van der Waals surface area contributed by atoms with Crippen LogP contribution in [0.2, 0.25) is 0 Å². The molecule has 2 rings (SSSR count). The molecular formula is C8H11NO2. The molecule has 0 aliphatic heterocycles. The number of hydrogen-bond acceptors (Lipinski definition) is 2. The molecule has 0 heterocycles. The summed E-state index contributed by atoms with van der Waals surface area (Å²) in [5.74, 6) is 0.679. The van der Waals surface area contributed by atoms with Crippen molar-refractivity contribution in [2.75, 3.05) is 0 Å². The van der Waals surface area contributed by atoms with E-state index in [-0.39, 0.29) is 10.8 Å². The van der Waals surface area contributed by atoms with Gasteiger partial charge in [-0.25, -0.2) is 0 Å². The lowest BCUT2D eigenvalue weighted by molar-refractivity contribution is -0.570. The zero-order chi connectivity index (χ0) is 8.06. The predicted molar refractivity (Wildman–Crippen MR) is 40.8 cm³/mol. The van der Waals surface area contributed by atoms with Crippen LogP contribution in [0.1, 0.15) is 19.8 Å². The first kappa shape index (κ1) is 6.83. The fraction of sp³-hybridized carbons (Fsp3) is 0.750. The van der Waals surface area contributed by atoms with Crippen molar-refractivity contribution in [1.82, 2.24) is 0 Å². The lowest BCUT2D eigenvalue weighted by atomic mass is 9.87. The molecule has 1 fully saturated rings. The Morgan fingerprint density at radius 3 is 2.64 bits per heavy atom. The van der Waals surface area contributed by atoms with Gasteiger partial charge in [0.1, 0.15) is 0 Å². The molecule has 11 heavy (non-hydrogen) atoms. The average molecular weight is 153 g/mol. The smallest absolute Gasteiger partial charge is 0.226 e. The minimum atomic E-state index is -0.653. The highest BCUT2D eigenvalue weighted by Crippen LogP contribution is 2.47. The molecule has 3 heteroatoms. The SMILES string of the molecule is C[C@]1([N+](=O)[O-])C[C@@H]2C=C[C@H]1C2. The van der Waals surface area contributed by atoms with Gasteiger partial charge in [0.15, 0.2) is 0 Å². The van der Waals surface area contributed by atoms with Crippen molar-refractivity contribution in [3.8, 4) is 0 Å². The normalized spacial score (nSPS) is 46.6. The van der Waals surface area contributed by atoms with Gasteiger partial charge in [0.25, 0.3) is 0 Å². The molecule has 0 aromatic heterocycles. The summed E-state index contributed by atoms with van der Waals surface area (Å²) in [7, 11) is 0. The summed E-state index contributed by atoms with van der Waals surface area (Å²) in [4.78, 5) is 10.6. The minimum Gasteiger partial charge on any atom is -0.264 e. The molecule has 0 saturated heterocycles. The largest absolute Gasteiger partial charge is 0.264 e. The number of rotatable bonds is 1. The maximum absolute atomic E-state index is 10.7. The fourth-order valence-corrected chi connectivity index (χ4v) is 2.28. The molecule has 3 atom stereocenters.